The van der Waals surface area contributed by atoms with E-state index in [2.05, 4.69) is 33.8 Å². The van der Waals surface area contributed by atoms with Crippen LogP contribution in [0.1, 0.15) is 50.1 Å². The lowest BCUT2D eigenvalue weighted by Crippen LogP contribution is -2.42. The van der Waals surface area contributed by atoms with Crippen LogP contribution in [0.15, 0.2) is 36.8 Å². The quantitative estimate of drug-likeness (QED) is 0.823. The smallest absolute Gasteiger partial charge is 0.222 e. The Hall–Kier alpha value is -2.18. The van der Waals surface area contributed by atoms with Crippen molar-refractivity contribution in [2.75, 3.05) is 26.3 Å². The van der Waals surface area contributed by atoms with Gasteiger partial charge in [0, 0.05) is 38.3 Å². The molecule has 160 valence electrons. The molecule has 1 amide bonds. The summed E-state index contributed by atoms with van der Waals surface area (Å²) < 4.78 is 7.60. The Balaban J connectivity index is 1.17. The Labute approximate surface area is 177 Å². The number of ether oxygens (including phenoxy) is 1. The van der Waals surface area contributed by atoms with E-state index in [4.69, 9.17) is 4.74 Å². The molecule has 30 heavy (non-hydrogen) atoms. The van der Waals surface area contributed by atoms with E-state index in [0.29, 0.717) is 18.8 Å². The van der Waals surface area contributed by atoms with Crippen LogP contribution in [-0.4, -0.2) is 57.9 Å². The van der Waals surface area contributed by atoms with Crippen LogP contribution in [0.5, 0.6) is 0 Å². The molecule has 0 bridgehead atoms. The number of carbonyl (C=O) groups is 1. The zero-order chi connectivity index (χ0) is 20.5. The van der Waals surface area contributed by atoms with Gasteiger partial charge in [-0.3, -0.25) is 4.79 Å². The van der Waals surface area contributed by atoms with E-state index < -0.39 is 0 Å². The first-order valence-electron chi connectivity index (χ1n) is 11.4. The molecule has 0 saturated carbocycles. The molecule has 4 heterocycles. The molecule has 1 unspecified atom stereocenters. The van der Waals surface area contributed by atoms with Crippen molar-refractivity contribution in [3.63, 3.8) is 0 Å². The number of hydrogen-bond donors (Lipinski definition) is 1. The minimum atomic E-state index is -0.371. The number of aliphatic hydroxyl groups excluding tert-OH is 1. The van der Waals surface area contributed by atoms with Crippen LogP contribution in [0.2, 0.25) is 0 Å². The summed E-state index contributed by atoms with van der Waals surface area (Å²) in [6.07, 6.45) is 8.53. The van der Waals surface area contributed by atoms with Gasteiger partial charge < -0.3 is 19.3 Å². The molecule has 2 atom stereocenters. The molecule has 1 aromatic heterocycles. The first kappa shape index (κ1) is 19.8. The molecule has 6 nitrogen and oxygen atoms in total. The molecule has 0 spiro atoms. The first-order valence-corrected chi connectivity index (χ1v) is 11.4. The number of fused-ring (bicyclic) bond motifs is 3. The lowest BCUT2D eigenvalue weighted by molar-refractivity contribution is -0.135. The average molecular weight is 410 g/mol. The van der Waals surface area contributed by atoms with Crippen molar-refractivity contribution in [2.24, 2.45) is 11.8 Å². The zero-order valence-electron chi connectivity index (χ0n) is 17.4. The maximum Gasteiger partial charge on any atom is 0.222 e. The van der Waals surface area contributed by atoms with Gasteiger partial charge in [0.15, 0.2) is 0 Å². The Morgan fingerprint density at radius 3 is 2.73 bits per heavy atom. The van der Waals surface area contributed by atoms with Crippen molar-refractivity contribution >= 4 is 5.91 Å². The number of carbonyl (C=O) groups excluding carboxylic acids is 1. The van der Waals surface area contributed by atoms with E-state index >= 15 is 0 Å². The van der Waals surface area contributed by atoms with Crippen LogP contribution in [-0.2, 0) is 9.53 Å². The highest BCUT2D eigenvalue weighted by atomic mass is 16.5. The average Bonchev–Trinajstić information content (AvgIpc) is 3.37. The van der Waals surface area contributed by atoms with Gasteiger partial charge in [0.2, 0.25) is 5.91 Å². The van der Waals surface area contributed by atoms with Gasteiger partial charge in [-0.05, 0) is 49.5 Å². The van der Waals surface area contributed by atoms with E-state index in [1.165, 1.54) is 11.1 Å². The summed E-state index contributed by atoms with van der Waals surface area (Å²) in [4.78, 5) is 19.0. The van der Waals surface area contributed by atoms with E-state index in [-0.39, 0.29) is 24.0 Å². The molecule has 2 aromatic rings. The number of aliphatic hydroxyl groups is 1. The lowest BCUT2D eigenvalue weighted by Gasteiger charge is -2.36. The van der Waals surface area contributed by atoms with Gasteiger partial charge in [0.1, 0.15) is 0 Å². The Bertz CT molecular complexity index is 881. The van der Waals surface area contributed by atoms with Crippen molar-refractivity contribution in [2.45, 2.75) is 50.7 Å². The molecule has 2 saturated heterocycles. The number of likely N-dealkylation sites (tertiary alicyclic amines) is 1. The highest BCUT2D eigenvalue weighted by Gasteiger charge is 2.34. The molecular formula is C24H31N3O3. The normalized spacial score (nSPS) is 23.2. The largest absolute Gasteiger partial charge is 0.393 e. The summed E-state index contributed by atoms with van der Waals surface area (Å²) in [6.45, 7) is 3.10. The molecule has 0 radical (unpaired) electrons. The van der Waals surface area contributed by atoms with Gasteiger partial charge >= 0.3 is 0 Å². The number of nitrogens with zero attached hydrogens (tertiary/aromatic N) is 3. The SMILES string of the molecule is O=C(CC1CCOCC1)N1CCC([C@H](O)CC2c3ccccc3-c3cncn32)CC1. The molecule has 3 aliphatic rings. The third-order valence-corrected chi connectivity index (χ3v) is 7.30. The third kappa shape index (κ3) is 3.79. The summed E-state index contributed by atoms with van der Waals surface area (Å²) in [5, 5.41) is 11.1. The van der Waals surface area contributed by atoms with Crippen molar-refractivity contribution < 1.29 is 14.6 Å². The second-order valence-corrected chi connectivity index (χ2v) is 9.07. The van der Waals surface area contributed by atoms with Crippen molar-refractivity contribution in [3.8, 4) is 11.3 Å². The highest BCUT2D eigenvalue weighted by Crippen LogP contribution is 2.42. The second kappa shape index (κ2) is 8.52. The van der Waals surface area contributed by atoms with Crippen LogP contribution in [0.25, 0.3) is 11.3 Å². The minimum absolute atomic E-state index is 0.141. The van der Waals surface area contributed by atoms with Crippen LogP contribution >= 0.6 is 0 Å². The first-order chi connectivity index (χ1) is 14.7. The van der Waals surface area contributed by atoms with Gasteiger partial charge in [0.25, 0.3) is 0 Å². The van der Waals surface area contributed by atoms with Gasteiger partial charge in [-0.25, -0.2) is 4.98 Å². The van der Waals surface area contributed by atoms with Gasteiger partial charge in [-0.15, -0.1) is 0 Å². The van der Waals surface area contributed by atoms with Gasteiger partial charge in [-0.1, -0.05) is 24.3 Å². The molecular weight excluding hydrogens is 378 g/mol. The fourth-order valence-corrected chi connectivity index (χ4v) is 5.45. The number of piperidine rings is 1. The van der Waals surface area contributed by atoms with Crippen molar-refractivity contribution in [1.29, 1.82) is 0 Å². The molecule has 6 heteroatoms. The number of benzene rings is 1. The Morgan fingerprint density at radius 1 is 1.17 bits per heavy atom. The summed E-state index contributed by atoms with van der Waals surface area (Å²) in [7, 11) is 0. The number of amides is 1. The Kier molecular flexibility index (Phi) is 5.61. The second-order valence-electron chi connectivity index (χ2n) is 9.07. The van der Waals surface area contributed by atoms with Crippen LogP contribution in [0.3, 0.4) is 0 Å². The van der Waals surface area contributed by atoms with E-state index in [1.807, 2.05) is 17.4 Å². The number of hydrogen-bond acceptors (Lipinski definition) is 4. The molecule has 0 aliphatic carbocycles. The lowest BCUT2D eigenvalue weighted by atomic mass is 9.86. The fourth-order valence-electron chi connectivity index (χ4n) is 5.45. The van der Waals surface area contributed by atoms with Gasteiger partial charge in [0.05, 0.1) is 30.4 Å². The highest BCUT2D eigenvalue weighted by molar-refractivity contribution is 5.76. The fraction of sp³-hybridized carbons (Fsp3) is 0.583. The topological polar surface area (TPSA) is 67.6 Å². The monoisotopic (exact) mass is 409 g/mol. The third-order valence-electron chi connectivity index (χ3n) is 7.30. The van der Waals surface area contributed by atoms with E-state index in [9.17, 15) is 9.90 Å². The van der Waals surface area contributed by atoms with Gasteiger partial charge in [-0.2, -0.15) is 0 Å². The number of imidazole rings is 1. The molecule has 1 N–H and O–H groups in total. The maximum absolute atomic E-state index is 12.7. The maximum atomic E-state index is 12.7. The number of aromatic nitrogens is 2. The van der Waals surface area contributed by atoms with Crippen LogP contribution < -0.4 is 0 Å². The molecule has 2 fully saturated rings. The predicted octanol–water partition coefficient (Wildman–Crippen LogP) is 3.26. The summed E-state index contributed by atoms with van der Waals surface area (Å²) in [6, 6.07) is 8.57. The van der Waals surface area contributed by atoms with Crippen LogP contribution in [0.4, 0.5) is 0 Å². The molecule has 3 aliphatic heterocycles. The standard InChI is InChI=1S/C24H31N3O3/c28-23(14-21-19-3-1-2-4-20(19)22-15-25-16-27(21)22)18-5-9-26(10-6-18)24(29)13-17-7-11-30-12-8-17/h1-4,15-18,21,23,28H,5-14H2/t21?,23-/m1/s1. The van der Waals surface area contributed by atoms with Crippen LogP contribution in [0, 0.1) is 11.8 Å². The molecule has 1 aromatic carbocycles. The molecule has 5 rings (SSSR count). The van der Waals surface area contributed by atoms with Crippen molar-refractivity contribution in [1.82, 2.24) is 14.5 Å². The Morgan fingerprint density at radius 2 is 1.93 bits per heavy atom. The van der Waals surface area contributed by atoms with E-state index in [1.54, 1.807) is 0 Å². The number of rotatable bonds is 5. The van der Waals surface area contributed by atoms with E-state index in [0.717, 1.165) is 57.7 Å². The predicted molar refractivity (Wildman–Crippen MR) is 114 cm³/mol. The van der Waals surface area contributed by atoms with Crippen molar-refractivity contribution in [3.05, 3.63) is 42.4 Å². The zero-order valence-corrected chi connectivity index (χ0v) is 17.4. The summed E-state index contributed by atoms with van der Waals surface area (Å²) >= 11 is 0. The summed E-state index contributed by atoms with van der Waals surface area (Å²) in [5.74, 6) is 1.00. The summed E-state index contributed by atoms with van der Waals surface area (Å²) in [5.41, 5.74) is 3.63. The minimum Gasteiger partial charge on any atom is -0.393 e.